The van der Waals surface area contributed by atoms with Crippen LogP contribution in [0.5, 0.6) is 0 Å². The van der Waals surface area contributed by atoms with Crippen molar-refractivity contribution in [2.24, 2.45) is 0 Å². The lowest BCUT2D eigenvalue weighted by atomic mass is 9.94. The molecule has 0 aliphatic heterocycles. The Balaban J connectivity index is 1.79. The Kier molecular flexibility index (Phi) is 5.43. The summed E-state index contributed by atoms with van der Waals surface area (Å²) in [4.78, 5) is 20.5. The van der Waals surface area contributed by atoms with Crippen molar-refractivity contribution in [3.63, 3.8) is 0 Å². The fourth-order valence-corrected chi connectivity index (χ4v) is 5.06. The highest BCUT2D eigenvalue weighted by atomic mass is 28.3. The normalized spacial score (nSPS) is 16.2. The average Bonchev–Trinajstić information content (AvgIpc) is 3.14. The molecule has 0 atom stereocenters. The van der Waals surface area contributed by atoms with Crippen LogP contribution in [-0.4, -0.2) is 29.2 Å². The smallest absolute Gasteiger partial charge is 0.191 e. The molecule has 1 fully saturated rings. The van der Waals surface area contributed by atoms with Gasteiger partial charge in [-0.25, -0.2) is 4.98 Å². The Labute approximate surface area is 167 Å². The Morgan fingerprint density at radius 2 is 2.00 bits per heavy atom. The van der Waals surface area contributed by atoms with Crippen LogP contribution in [-0.2, 0) is 11.3 Å². The van der Waals surface area contributed by atoms with Crippen molar-refractivity contribution < 1.29 is 4.74 Å². The van der Waals surface area contributed by atoms with Gasteiger partial charge in [-0.1, -0.05) is 38.9 Å². The number of rotatable bonds is 6. The molecular weight excluding hydrogens is 366 g/mol. The molecule has 0 amide bonds. The second-order valence-corrected chi connectivity index (χ2v) is 14.9. The van der Waals surface area contributed by atoms with Gasteiger partial charge < -0.3 is 14.3 Å². The first kappa shape index (κ1) is 19.4. The van der Waals surface area contributed by atoms with Crippen molar-refractivity contribution in [1.29, 1.82) is 0 Å². The van der Waals surface area contributed by atoms with E-state index in [0.29, 0.717) is 18.0 Å². The summed E-state index contributed by atoms with van der Waals surface area (Å²) < 4.78 is 8.48. The van der Waals surface area contributed by atoms with Crippen molar-refractivity contribution in [2.75, 3.05) is 6.61 Å². The van der Waals surface area contributed by atoms with Gasteiger partial charge in [0.2, 0.25) is 0 Å². The number of nitrogens with one attached hydrogen (secondary N) is 1. The third kappa shape index (κ3) is 3.94. The zero-order valence-corrected chi connectivity index (χ0v) is 18.3. The lowest BCUT2D eigenvalue weighted by molar-refractivity contribution is 0.125. The number of hydrogen-bond acceptors (Lipinski definition) is 3. The van der Waals surface area contributed by atoms with Gasteiger partial charge in [0.25, 0.3) is 0 Å². The molecule has 3 aromatic rings. The van der Waals surface area contributed by atoms with E-state index >= 15 is 0 Å². The topological polar surface area (TPSA) is 59.9 Å². The number of fused-ring (bicyclic) bond motifs is 3. The third-order valence-electron chi connectivity index (χ3n) is 5.86. The third-order valence-corrected chi connectivity index (χ3v) is 7.56. The molecule has 4 rings (SSSR count). The van der Waals surface area contributed by atoms with Crippen LogP contribution in [0.25, 0.3) is 21.9 Å². The van der Waals surface area contributed by atoms with Crippen LogP contribution in [0.1, 0.15) is 43.8 Å². The van der Waals surface area contributed by atoms with Crippen LogP contribution in [0.2, 0.25) is 25.7 Å². The average molecular weight is 398 g/mol. The maximum Gasteiger partial charge on any atom is 0.191 e. The van der Waals surface area contributed by atoms with Crippen LogP contribution < -0.4 is 5.43 Å². The zero-order valence-electron chi connectivity index (χ0n) is 17.3. The van der Waals surface area contributed by atoms with Crippen LogP contribution in [0.4, 0.5) is 0 Å². The summed E-state index contributed by atoms with van der Waals surface area (Å²) in [6, 6.07) is 5.39. The largest absolute Gasteiger partial charge is 0.376 e. The molecule has 1 N–H and O–H groups in total. The first-order valence-electron chi connectivity index (χ1n) is 10.5. The number of aromatic nitrogens is 3. The van der Waals surface area contributed by atoms with E-state index in [1.807, 2.05) is 12.3 Å². The van der Waals surface area contributed by atoms with Gasteiger partial charge in [0.1, 0.15) is 5.65 Å². The first-order chi connectivity index (χ1) is 13.4. The van der Waals surface area contributed by atoms with E-state index in [4.69, 9.17) is 4.74 Å². The van der Waals surface area contributed by atoms with E-state index in [1.54, 1.807) is 12.3 Å². The fraction of sp³-hybridized carbons (Fsp3) is 0.545. The molecule has 3 aromatic heterocycles. The van der Waals surface area contributed by atoms with E-state index in [9.17, 15) is 4.79 Å². The summed E-state index contributed by atoms with van der Waals surface area (Å²) in [7, 11) is -1.13. The summed E-state index contributed by atoms with van der Waals surface area (Å²) in [6.45, 7) is 8.35. The predicted molar refractivity (Wildman–Crippen MR) is 118 cm³/mol. The number of hydrogen-bond donors (Lipinski definition) is 1. The number of nitrogens with zero attached hydrogens (tertiary/aromatic N) is 2. The Morgan fingerprint density at radius 3 is 2.75 bits per heavy atom. The summed E-state index contributed by atoms with van der Waals surface area (Å²) in [6.07, 6.45) is 9.75. The SMILES string of the molecule is C[Si](C)(C)CCOCc1cc(=O)c2cnc3[nH]ccc3c2n1C1CCCCC1. The van der Waals surface area contributed by atoms with E-state index in [2.05, 4.69) is 34.2 Å². The molecule has 0 bridgehead atoms. The molecule has 1 saturated carbocycles. The molecule has 3 heterocycles. The van der Waals surface area contributed by atoms with Gasteiger partial charge in [0.05, 0.1) is 17.5 Å². The minimum atomic E-state index is -1.13. The summed E-state index contributed by atoms with van der Waals surface area (Å²) in [5.41, 5.74) is 2.91. The van der Waals surface area contributed by atoms with Crippen LogP contribution >= 0.6 is 0 Å². The minimum absolute atomic E-state index is 0.0430. The second-order valence-electron chi connectivity index (χ2n) is 9.29. The van der Waals surface area contributed by atoms with E-state index < -0.39 is 8.07 Å². The highest BCUT2D eigenvalue weighted by Gasteiger charge is 2.22. The molecule has 150 valence electrons. The minimum Gasteiger partial charge on any atom is -0.376 e. The van der Waals surface area contributed by atoms with Crippen molar-refractivity contribution in [3.8, 4) is 0 Å². The van der Waals surface area contributed by atoms with Crippen LogP contribution in [0.3, 0.4) is 0 Å². The predicted octanol–water partition coefficient (Wildman–Crippen LogP) is 5.24. The molecule has 5 nitrogen and oxygen atoms in total. The lowest BCUT2D eigenvalue weighted by Gasteiger charge is -2.29. The quantitative estimate of drug-likeness (QED) is 0.457. The van der Waals surface area contributed by atoms with Crippen molar-refractivity contribution in [3.05, 3.63) is 40.4 Å². The molecule has 0 radical (unpaired) electrons. The first-order valence-corrected chi connectivity index (χ1v) is 14.2. The van der Waals surface area contributed by atoms with Gasteiger partial charge in [-0.3, -0.25) is 4.79 Å². The van der Waals surface area contributed by atoms with Gasteiger partial charge in [-0.05, 0) is 25.0 Å². The molecule has 0 unspecified atom stereocenters. The monoisotopic (exact) mass is 397 g/mol. The second kappa shape index (κ2) is 7.83. The number of ether oxygens (including phenoxy) is 1. The Morgan fingerprint density at radius 1 is 1.21 bits per heavy atom. The highest BCUT2D eigenvalue weighted by molar-refractivity contribution is 6.76. The van der Waals surface area contributed by atoms with E-state index in [-0.39, 0.29) is 5.43 Å². The Bertz CT molecular complexity index is 1030. The number of pyridine rings is 2. The molecular formula is C22H31N3O2Si. The van der Waals surface area contributed by atoms with E-state index in [0.717, 1.165) is 47.7 Å². The molecule has 6 heteroatoms. The van der Waals surface area contributed by atoms with Crippen LogP contribution in [0, 0.1) is 0 Å². The van der Waals surface area contributed by atoms with Crippen molar-refractivity contribution in [1.82, 2.24) is 14.5 Å². The Hall–Kier alpha value is -1.92. The van der Waals surface area contributed by atoms with Crippen molar-refractivity contribution in [2.45, 2.75) is 70.4 Å². The molecule has 28 heavy (non-hydrogen) atoms. The van der Waals surface area contributed by atoms with Gasteiger partial charge >= 0.3 is 0 Å². The molecule has 1 aliphatic rings. The van der Waals surface area contributed by atoms with Gasteiger partial charge in [-0.2, -0.15) is 0 Å². The molecule has 0 aromatic carbocycles. The van der Waals surface area contributed by atoms with Crippen molar-refractivity contribution >= 4 is 30.0 Å². The summed E-state index contributed by atoms with van der Waals surface area (Å²) in [5, 5.41) is 1.74. The van der Waals surface area contributed by atoms with Gasteiger partial charge in [-0.15, -0.1) is 0 Å². The maximum atomic E-state index is 12.9. The van der Waals surface area contributed by atoms with Gasteiger partial charge in [0, 0.05) is 50.3 Å². The number of aromatic amines is 1. The standard InChI is InChI=1S/C22H31N3O2Si/c1-28(2,3)12-11-27-15-17-13-20(26)19-14-24-22-18(9-10-23-22)21(19)25(17)16-7-5-4-6-8-16/h9-10,13-14,16H,4-8,11-12,15H2,1-3H3,(H,23,24). The summed E-state index contributed by atoms with van der Waals surface area (Å²) >= 11 is 0. The van der Waals surface area contributed by atoms with Crippen LogP contribution in [0.15, 0.2) is 29.3 Å². The van der Waals surface area contributed by atoms with E-state index in [1.165, 1.54) is 19.3 Å². The summed E-state index contributed by atoms with van der Waals surface area (Å²) in [5.74, 6) is 0. The molecule has 0 saturated heterocycles. The molecule has 1 aliphatic carbocycles. The number of H-pyrrole nitrogens is 1. The molecule has 0 spiro atoms. The van der Waals surface area contributed by atoms with Gasteiger partial charge in [0.15, 0.2) is 5.43 Å². The highest BCUT2D eigenvalue weighted by Crippen LogP contribution is 2.34. The zero-order chi connectivity index (χ0) is 19.7. The lowest BCUT2D eigenvalue weighted by Crippen LogP contribution is -2.24. The fourth-order valence-electron chi connectivity index (χ4n) is 4.30. The maximum absolute atomic E-state index is 12.9.